The smallest absolute Gasteiger partial charge is 0.313 e. The maximum atomic E-state index is 12.3. The van der Waals surface area contributed by atoms with Crippen LogP contribution in [0.3, 0.4) is 0 Å². The van der Waals surface area contributed by atoms with Crippen LogP contribution in [-0.2, 0) is 9.53 Å². The van der Waals surface area contributed by atoms with Gasteiger partial charge in [0.2, 0.25) is 0 Å². The summed E-state index contributed by atoms with van der Waals surface area (Å²) in [4.78, 5) is 12.3. The molecule has 1 N–H and O–H groups in total. The molecule has 1 aromatic rings. The molecule has 0 heterocycles. The minimum absolute atomic E-state index is 0.0284. The first kappa shape index (κ1) is 14.9. The number of carbonyl (C=O) groups excluding carboxylic acids is 1. The molecule has 0 amide bonds. The lowest BCUT2D eigenvalue weighted by atomic mass is 9.74. The van der Waals surface area contributed by atoms with Crippen molar-refractivity contribution in [1.29, 1.82) is 0 Å². The molecule has 3 heteroatoms. The normalized spacial score (nSPS) is 17.5. The lowest BCUT2D eigenvalue weighted by Crippen LogP contribution is -2.41. The first-order valence-electron chi connectivity index (χ1n) is 7.64. The zero-order valence-corrected chi connectivity index (χ0v) is 12.6. The molecule has 0 saturated heterocycles. The van der Waals surface area contributed by atoms with Crippen LogP contribution in [0.25, 0.3) is 0 Å². The molecule has 1 aliphatic carbocycles. The molecule has 1 fully saturated rings. The van der Waals surface area contributed by atoms with Gasteiger partial charge in [-0.05, 0) is 38.8 Å². The SMILES string of the molecule is CCOC(=O)C1(CNc2ccc(C)cc2)CCCCC1. The highest BCUT2D eigenvalue weighted by molar-refractivity contribution is 5.77. The molecule has 0 atom stereocenters. The van der Waals surface area contributed by atoms with Gasteiger partial charge in [0.25, 0.3) is 0 Å². The van der Waals surface area contributed by atoms with Crippen LogP contribution in [0.15, 0.2) is 24.3 Å². The van der Waals surface area contributed by atoms with Gasteiger partial charge in [-0.15, -0.1) is 0 Å². The number of rotatable bonds is 5. The highest BCUT2D eigenvalue weighted by Gasteiger charge is 2.40. The van der Waals surface area contributed by atoms with Crippen LogP contribution < -0.4 is 5.32 Å². The largest absolute Gasteiger partial charge is 0.466 e. The summed E-state index contributed by atoms with van der Waals surface area (Å²) in [5.74, 6) is -0.0284. The Labute approximate surface area is 121 Å². The molecule has 20 heavy (non-hydrogen) atoms. The fourth-order valence-electron chi connectivity index (χ4n) is 2.91. The van der Waals surface area contributed by atoms with E-state index in [1.165, 1.54) is 12.0 Å². The predicted octanol–water partition coefficient (Wildman–Crippen LogP) is 3.92. The van der Waals surface area contributed by atoms with E-state index in [-0.39, 0.29) is 11.4 Å². The molecule has 0 radical (unpaired) electrons. The number of ether oxygens (including phenoxy) is 1. The number of aryl methyl sites for hydroxylation is 1. The number of hydrogen-bond acceptors (Lipinski definition) is 3. The van der Waals surface area contributed by atoms with Crippen molar-refractivity contribution < 1.29 is 9.53 Å². The van der Waals surface area contributed by atoms with E-state index in [0.29, 0.717) is 13.2 Å². The summed E-state index contributed by atoms with van der Waals surface area (Å²) in [7, 11) is 0. The van der Waals surface area contributed by atoms with Crippen LogP contribution >= 0.6 is 0 Å². The minimum Gasteiger partial charge on any atom is -0.466 e. The molecule has 1 saturated carbocycles. The van der Waals surface area contributed by atoms with Gasteiger partial charge in [0.15, 0.2) is 0 Å². The average Bonchev–Trinajstić information content (AvgIpc) is 2.48. The van der Waals surface area contributed by atoms with Crippen molar-refractivity contribution in [2.45, 2.75) is 46.0 Å². The van der Waals surface area contributed by atoms with Gasteiger partial charge >= 0.3 is 5.97 Å². The molecule has 0 bridgehead atoms. The topological polar surface area (TPSA) is 38.3 Å². The summed E-state index contributed by atoms with van der Waals surface area (Å²) in [5.41, 5.74) is 1.98. The zero-order valence-electron chi connectivity index (χ0n) is 12.6. The number of carbonyl (C=O) groups is 1. The van der Waals surface area contributed by atoms with Gasteiger partial charge in [-0.3, -0.25) is 4.79 Å². The summed E-state index contributed by atoms with van der Waals surface area (Å²) in [5, 5.41) is 3.42. The third kappa shape index (κ3) is 3.53. The minimum atomic E-state index is -0.334. The fourth-order valence-corrected chi connectivity index (χ4v) is 2.91. The van der Waals surface area contributed by atoms with E-state index in [2.05, 4.69) is 36.5 Å². The first-order valence-corrected chi connectivity index (χ1v) is 7.64. The van der Waals surface area contributed by atoms with Gasteiger partial charge in [-0.25, -0.2) is 0 Å². The third-order valence-electron chi connectivity index (χ3n) is 4.20. The van der Waals surface area contributed by atoms with E-state index in [1.54, 1.807) is 0 Å². The maximum Gasteiger partial charge on any atom is 0.313 e. The Morgan fingerprint density at radius 2 is 1.85 bits per heavy atom. The molecule has 1 aromatic carbocycles. The highest BCUT2D eigenvalue weighted by atomic mass is 16.5. The van der Waals surface area contributed by atoms with Gasteiger partial charge < -0.3 is 10.1 Å². The Kier molecular flexibility index (Phi) is 5.05. The second-order valence-corrected chi connectivity index (χ2v) is 5.78. The number of esters is 1. The fraction of sp³-hybridized carbons (Fsp3) is 0.588. The molecule has 2 rings (SSSR count). The molecule has 3 nitrogen and oxygen atoms in total. The lowest BCUT2D eigenvalue weighted by molar-refractivity contribution is -0.156. The number of benzene rings is 1. The van der Waals surface area contributed by atoms with E-state index in [4.69, 9.17) is 4.74 Å². The van der Waals surface area contributed by atoms with Gasteiger partial charge in [-0.1, -0.05) is 37.0 Å². The van der Waals surface area contributed by atoms with E-state index in [1.807, 2.05) is 6.92 Å². The van der Waals surface area contributed by atoms with Gasteiger partial charge in [0.05, 0.1) is 12.0 Å². The van der Waals surface area contributed by atoms with Crippen LogP contribution in [0.2, 0.25) is 0 Å². The molecule has 0 unspecified atom stereocenters. The van der Waals surface area contributed by atoms with E-state index >= 15 is 0 Å². The van der Waals surface area contributed by atoms with E-state index < -0.39 is 0 Å². The lowest BCUT2D eigenvalue weighted by Gasteiger charge is -2.35. The van der Waals surface area contributed by atoms with Crippen molar-refractivity contribution in [2.75, 3.05) is 18.5 Å². The maximum absolute atomic E-state index is 12.3. The standard InChI is InChI=1S/C17H25NO2/c1-3-20-16(19)17(11-5-4-6-12-17)13-18-15-9-7-14(2)8-10-15/h7-10,18H,3-6,11-13H2,1-2H3. The second-order valence-electron chi connectivity index (χ2n) is 5.78. The van der Waals surface area contributed by atoms with Crippen LogP contribution in [0.4, 0.5) is 5.69 Å². The van der Waals surface area contributed by atoms with Gasteiger partial charge in [0.1, 0.15) is 0 Å². The second kappa shape index (κ2) is 6.78. The van der Waals surface area contributed by atoms with Gasteiger partial charge in [-0.2, -0.15) is 0 Å². The van der Waals surface area contributed by atoms with Crippen molar-refractivity contribution in [3.05, 3.63) is 29.8 Å². The molecule has 0 spiro atoms. The van der Waals surface area contributed by atoms with Crippen LogP contribution in [-0.4, -0.2) is 19.1 Å². The Hall–Kier alpha value is -1.51. The molecule has 0 aliphatic heterocycles. The Morgan fingerprint density at radius 1 is 1.20 bits per heavy atom. The highest BCUT2D eigenvalue weighted by Crippen LogP contribution is 2.37. The van der Waals surface area contributed by atoms with Crippen LogP contribution in [0, 0.1) is 12.3 Å². The Balaban J connectivity index is 2.03. The van der Waals surface area contributed by atoms with Gasteiger partial charge in [0, 0.05) is 12.2 Å². The monoisotopic (exact) mass is 275 g/mol. The summed E-state index contributed by atoms with van der Waals surface area (Å²) in [6.45, 7) is 5.09. The molecule has 0 aromatic heterocycles. The molecule has 110 valence electrons. The summed E-state index contributed by atoms with van der Waals surface area (Å²) in [6, 6.07) is 8.30. The predicted molar refractivity (Wildman–Crippen MR) is 81.8 cm³/mol. The Bertz CT molecular complexity index is 433. The van der Waals surface area contributed by atoms with Crippen molar-refractivity contribution >= 4 is 11.7 Å². The quantitative estimate of drug-likeness (QED) is 0.828. The first-order chi connectivity index (χ1) is 9.66. The average molecular weight is 275 g/mol. The molecule has 1 aliphatic rings. The van der Waals surface area contributed by atoms with E-state index in [0.717, 1.165) is 31.4 Å². The van der Waals surface area contributed by atoms with Crippen molar-refractivity contribution in [3.8, 4) is 0 Å². The third-order valence-corrected chi connectivity index (χ3v) is 4.20. The van der Waals surface area contributed by atoms with Crippen molar-refractivity contribution in [3.63, 3.8) is 0 Å². The number of anilines is 1. The van der Waals surface area contributed by atoms with E-state index in [9.17, 15) is 4.79 Å². The number of hydrogen-bond donors (Lipinski definition) is 1. The molecular formula is C17H25NO2. The molecular weight excluding hydrogens is 250 g/mol. The summed E-state index contributed by atoms with van der Waals surface area (Å²) < 4.78 is 5.31. The van der Waals surface area contributed by atoms with Crippen LogP contribution in [0.1, 0.15) is 44.6 Å². The summed E-state index contributed by atoms with van der Waals surface area (Å²) >= 11 is 0. The zero-order chi connectivity index (χ0) is 14.4. The van der Waals surface area contributed by atoms with Crippen LogP contribution in [0.5, 0.6) is 0 Å². The number of nitrogens with one attached hydrogen (secondary N) is 1. The summed E-state index contributed by atoms with van der Waals surface area (Å²) in [6.07, 6.45) is 5.34. The Morgan fingerprint density at radius 3 is 2.45 bits per heavy atom. The van der Waals surface area contributed by atoms with Crippen molar-refractivity contribution in [2.24, 2.45) is 5.41 Å². The van der Waals surface area contributed by atoms with Crippen molar-refractivity contribution in [1.82, 2.24) is 0 Å².